The van der Waals surface area contributed by atoms with Gasteiger partial charge in [-0.2, -0.15) is 5.26 Å². The minimum atomic E-state index is -0.126. The van der Waals surface area contributed by atoms with E-state index >= 15 is 0 Å². The molecule has 4 aromatic rings. The zero-order chi connectivity index (χ0) is 26.8. The van der Waals surface area contributed by atoms with Crippen LogP contribution in [0, 0.1) is 18.3 Å². The lowest BCUT2D eigenvalue weighted by Gasteiger charge is -2.39. The minimum absolute atomic E-state index is 0.0150. The molecule has 0 bridgehead atoms. The minimum Gasteiger partial charge on any atom is -0.331 e. The number of benzene rings is 2. The van der Waals surface area contributed by atoms with Gasteiger partial charge in [-0.3, -0.25) is 9.88 Å². The smallest absolute Gasteiger partial charge is 0.321 e. The molecule has 194 valence electrons. The molecule has 1 atom stereocenters. The van der Waals surface area contributed by atoms with E-state index in [0.29, 0.717) is 24.3 Å². The molecule has 2 aromatic carbocycles. The lowest BCUT2D eigenvalue weighted by Crippen LogP contribution is -2.51. The molecule has 1 N–H and O–H groups in total. The lowest BCUT2D eigenvalue weighted by atomic mass is 9.93. The fourth-order valence-electron chi connectivity index (χ4n) is 5.49. The molecule has 8 nitrogen and oxygen atoms in total. The summed E-state index contributed by atoms with van der Waals surface area (Å²) in [7, 11) is 0. The van der Waals surface area contributed by atoms with E-state index in [0.717, 1.165) is 36.7 Å². The van der Waals surface area contributed by atoms with Crippen LogP contribution in [0.1, 0.15) is 39.8 Å². The summed E-state index contributed by atoms with van der Waals surface area (Å²) < 4.78 is 2.17. The van der Waals surface area contributed by atoms with E-state index in [-0.39, 0.29) is 12.1 Å². The molecule has 39 heavy (non-hydrogen) atoms. The molecule has 8 heteroatoms. The van der Waals surface area contributed by atoms with Gasteiger partial charge in [-0.25, -0.2) is 9.78 Å². The molecule has 1 aliphatic carbocycles. The number of nitrogens with one attached hydrogen (secondary N) is 1. The highest BCUT2D eigenvalue weighted by atomic mass is 16.2. The molecule has 1 unspecified atom stereocenters. The number of carbonyl (C=O) groups excluding carboxylic acids is 1. The van der Waals surface area contributed by atoms with Gasteiger partial charge in [-0.15, -0.1) is 0 Å². The SMILES string of the molecule is Cc1nccn1CC1=Cc2cccnc2C(N2CCN(C(=O)Nc3ccc(C#N)cc3)CC2)c2ccccc21. The molecule has 2 amide bonds. The average molecular weight is 516 g/mol. The van der Waals surface area contributed by atoms with Gasteiger partial charge in [0.15, 0.2) is 0 Å². The number of aromatic nitrogens is 3. The summed E-state index contributed by atoms with van der Waals surface area (Å²) in [6.45, 7) is 5.43. The second-order valence-electron chi connectivity index (χ2n) is 9.88. The normalized spacial score (nSPS) is 16.9. The van der Waals surface area contributed by atoms with Crippen LogP contribution in [-0.2, 0) is 6.54 Å². The first-order valence-corrected chi connectivity index (χ1v) is 13.1. The maximum Gasteiger partial charge on any atom is 0.321 e. The first-order valence-electron chi connectivity index (χ1n) is 13.1. The van der Waals surface area contributed by atoms with E-state index in [2.05, 4.69) is 62.2 Å². The van der Waals surface area contributed by atoms with Gasteiger partial charge in [0.05, 0.1) is 23.4 Å². The molecule has 0 radical (unpaired) electrons. The highest BCUT2D eigenvalue weighted by molar-refractivity contribution is 5.89. The van der Waals surface area contributed by atoms with Crippen molar-refractivity contribution in [2.24, 2.45) is 0 Å². The zero-order valence-corrected chi connectivity index (χ0v) is 21.8. The summed E-state index contributed by atoms with van der Waals surface area (Å²) in [4.78, 5) is 26.6. The molecule has 1 aliphatic heterocycles. The fraction of sp³-hybridized carbons (Fsp3) is 0.226. The van der Waals surface area contributed by atoms with E-state index in [1.165, 1.54) is 16.7 Å². The third kappa shape index (κ3) is 4.92. The van der Waals surface area contributed by atoms with Crippen LogP contribution < -0.4 is 5.32 Å². The van der Waals surface area contributed by atoms with Crippen molar-refractivity contribution in [3.05, 3.63) is 113 Å². The van der Waals surface area contributed by atoms with Crippen LogP contribution >= 0.6 is 0 Å². The van der Waals surface area contributed by atoms with Gasteiger partial charge in [-0.1, -0.05) is 30.3 Å². The van der Waals surface area contributed by atoms with Gasteiger partial charge in [0.1, 0.15) is 5.82 Å². The number of nitrogens with zero attached hydrogens (tertiary/aromatic N) is 6. The van der Waals surface area contributed by atoms with Crippen molar-refractivity contribution >= 4 is 23.4 Å². The van der Waals surface area contributed by atoms with E-state index in [1.54, 1.807) is 24.3 Å². The number of anilines is 1. The molecule has 6 rings (SSSR count). The predicted octanol–water partition coefficient (Wildman–Crippen LogP) is 4.95. The fourth-order valence-corrected chi connectivity index (χ4v) is 5.49. The lowest BCUT2D eigenvalue weighted by molar-refractivity contribution is 0.125. The Morgan fingerprint density at radius 1 is 1.00 bits per heavy atom. The first-order chi connectivity index (χ1) is 19.1. The molecule has 1 saturated heterocycles. The molecule has 2 aromatic heterocycles. The highest BCUT2D eigenvalue weighted by Crippen LogP contribution is 2.39. The van der Waals surface area contributed by atoms with Gasteiger partial charge in [0.25, 0.3) is 0 Å². The standard InChI is InChI=1S/C31H29N7O/c1-22-33-13-14-38(22)21-25-19-24-5-4-12-34-29(24)30(28-7-3-2-6-27(25)28)36-15-17-37(18-16-36)31(39)35-26-10-8-23(20-32)9-11-26/h2-14,19,30H,15-18,21H2,1H3,(H,35,39). The number of aryl methyl sites for hydroxylation is 1. The number of urea groups is 1. The number of hydrogen-bond donors (Lipinski definition) is 1. The number of carbonyl (C=O) groups is 1. The molecule has 1 fully saturated rings. The van der Waals surface area contributed by atoms with Crippen LogP contribution in [-0.4, -0.2) is 56.5 Å². The maximum atomic E-state index is 13.0. The van der Waals surface area contributed by atoms with E-state index in [4.69, 9.17) is 10.2 Å². The Labute approximate surface area is 227 Å². The number of fused-ring (bicyclic) bond motifs is 2. The van der Waals surface area contributed by atoms with Gasteiger partial charge >= 0.3 is 6.03 Å². The number of amides is 2. The summed E-state index contributed by atoms with van der Waals surface area (Å²) in [5, 5.41) is 12.0. The second-order valence-corrected chi connectivity index (χ2v) is 9.88. The number of rotatable bonds is 4. The van der Waals surface area contributed by atoms with Gasteiger partial charge in [-0.05, 0) is 65.6 Å². The van der Waals surface area contributed by atoms with Crippen LogP contribution in [0.3, 0.4) is 0 Å². The number of piperazine rings is 1. The summed E-state index contributed by atoms with van der Waals surface area (Å²) in [6, 6.07) is 21.6. The Morgan fingerprint density at radius 2 is 1.79 bits per heavy atom. The van der Waals surface area contributed by atoms with Crippen LogP contribution in [0.15, 0.2) is 79.3 Å². The Morgan fingerprint density at radius 3 is 2.54 bits per heavy atom. The zero-order valence-electron chi connectivity index (χ0n) is 21.8. The van der Waals surface area contributed by atoms with E-state index in [1.807, 2.05) is 36.5 Å². The summed E-state index contributed by atoms with van der Waals surface area (Å²) in [6.07, 6.45) is 8.00. The second kappa shape index (κ2) is 10.6. The largest absolute Gasteiger partial charge is 0.331 e. The number of hydrogen-bond acceptors (Lipinski definition) is 5. The van der Waals surface area contributed by atoms with Crippen molar-refractivity contribution in [2.75, 3.05) is 31.5 Å². The Kier molecular flexibility index (Phi) is 6.66. The Balaban J connectivity index is 1.25. The van der Waals surface area contributed by atoms with Crippen molar-refractivity contribution in [2.45, 2.75) is 19.5 Å². The molecule has 0 saturated carbocycles. The van der Waals surface area contributed by atoms with Crippen LogP contribution in [0.5, 0.6) is 0 Å². The van der Waals surface area contributed by atoms with Gasteiger partial charge in [0.2, 0.25) is 0 Å². The summed E-state index contributed by atoms with van der Waals surface area (Å²) >= 11 is 0. The Bertz CT molecular complexity index is 1570. The van der Waals surface area contributed by atoms with Gasteiger partial charge in [0, 0.05) is 57.0 Å². The third-order valence-electron chi connectivity index (χ3n) is 7.56. The quantitative estimate of drug-likeness (QED) is 0.415. The van der Waals surface area contributed by atoms with Crippen molar-refractivity contribution in [3.8, 4) is 6.07 Å². The molecular weight excluding hydrogens is 486 g/mol. The topological polar surface area (TPSA) is 90.1 Å². The summed E-state index contributed by atoms with van der Waals surface area (Å²) in [5.41, 5.74) is 7.08. The monoisotopic (exact) mass is 515 g/mol. The maximum absolute atomic E-state index is 13.0. The van der Waals surface area contributed by atoms with Crippen molar-refractivity contribution in [3.63, 3.8) is 0 Å². The van der Waals surface area contributed by atoms with Crippen LogP contribution in [0.2, 0.25) is 0 Å². The molecular formula is C31H29N7O. The third-order valence-corrected chi connectivity index (χ3v) is 7.56. The number of imidazole rings is 1. The van der Waals surface area contributed by atoms with Crippen molar-refractivity contribution in [1.29, 1.82) is 5.26 Å². The number of nitriles is 1. The van der Waals surface area contributed by atoms with Gasteiger partial charge < -0.3 is 14.8 Å². The van der Waals surface area contributed by atoms with Crippen molar-refractivity contribution < 1.29 is 4.79 Å². The number of pyridine rings is 1. The highest BCUT2D eigenvalue weighted by Gasteiger charge is 2.33. The van der Waals surface area contributed by atoms with E-state index in [9.17, 15) is 4.79 Å². The molecule has 0 spiro atoms. The number of allylic oxidation sites excluding steroid dienone is 1. The first kappa shape index (κ1) is 24.6. The van der Waals surface area contributed by atoms with Crippen LogP contribution in [0.4, 0.5) is 10.5 Å². The summed E-state index contributed by atoms with van der Waals surface area (Å²) in [5.74, 6) is 0.982. The van der Waals surface area contributed by atoms with Crippen LogP contribution in [0.25, 0.3) is 11.6 Å². The predicted molar refractivity (Wildman–Crippen MR) is 151 cm³/mol. The van der Waals surface area contributed by atoms with E-state index < -0.39 is 0 Å². The molecule has 3 heterocycles. The average Bonchev–Trinajstić information content (AvgIpc) is 3.32. The molecule has 2 aliphatic rings. The van der Waals surface area contributed by atoms with Crippen molar-refractivity contribution in [1.82, 2.24) is 24.3 Å². The Hall–Kier alpha value is -4.74.